The van der Waals surface area contributed by atoms with Gasteiger partial charge in [0.2, 0.25) is 0 Å². The number of carbonyl (C=O) groups excluding carboxylic acids is 2. The predicted octanol–water partition coefficient (Wildman–Crippen LogP) is 0.677. The number of aliphatic carboxylic acids is 1. The first-order chi connectivity index (χ1) is 7.04. The number of hydrogen-bond acceptors (Lipinski definition) is 4. The Labute approximate surface area is 96.2 Å². The van der Waals surface area contributed by atoms with Gasteiger partial charge < -0.3 is 20.0 Å². The number of amides is 1. The van der Waals surface area contributed by atoms with Crippen molar-refractivity contribution in [2.75, 3.05) is 6.54 Å². The van der Waals surface area contributed by atoms with Gasteiger partial charge in [-0.25, -0.2) is 4.79 Å². The molecule has 0 unspecified atom stereocenters. The molecule has 5 nitrogen and oxygen atoms in total. The predicted molar refractivity (Wildman–Crippen MR) is 57.6 cm³/mol. The number of carboxylic acids is 1. The molecule has 16 heavy (non-hydrogen) atoms. The summed E-state index contributed by atoms with van der Waals surface area (Å²) in [5, 5.41) is 13.2. The molecule has 94 valence electrons. The number of hydrogen-bond donors (Lipinski definition) is 1. The molecule has 0 atom stereocenters. The second kappa shape index (κ2) is 5.18. The Balaban J connectivity index is 3.92. The fourth-order valence-electron chi connectivity index (χ4n) is 0.893. The standard InChI is InChI=1S/C11H21NO4/c1-10(2,3)16-9(15)12-7-6-11(4,5)8(13)14/h6-7H2,1-5H3,(H,12,15)(H,13,14)/p-1. The van der Waals surface area contributed by atoms with Crippen LogP contribution in [0.3, 0.4) is 0 Å². The highest BCUT2D eigenvalue weighted by Gasteiger charge is 2.20. The molecule has 1 N–H and O–H groups in total. The first-order valence-corrected chi connectivity index (χ1v) is 5.23. The molecule has 1 amide bonds. The van der Waals surface area contributed by atoms with Crippen LogP contribution in [0.1, 0.15) is 41.0 Å². The van der Waals surface area contributed by atoms with Gasteiger partial charge in [-0.05, 0) is 27.2 Å². The molecule has 0 spiro atoms. The van der Waals surface area contributed by atoms with Crippen LogP contribution in [0, 0.1) is 5.41 Å². The molecule has 0 aliphatic heterocycles. The van der Waals surface area contributed by atoms with Crippen LogP contribution in [-0.4, -0.2) is 24.2 Å². The molecular formula is C11H20NO4-. The number of carboxylic acid groups (broad SMARTS) is 1. The zero-order valence-electron chi connectivity index (χ0n) is 10.5. The van der Waals surface area contributed by atoms with Crippen molar-refractivity contribution in [3.8, 4) is 0 Å². The maximum atomic E-state index is 11.2. The fourth-order valence-corrected chi connectivity index (χ4v) is 0.893. The topological polar surface area (TPSA) is 78.5 Å². The third-order valence-electron chi connectivity index (χ3n) is 1.97. The number of ether oxygens (including phenoxy) is 1. The molecule has 0 radical (unpaired) electrons. The average Bonchev–Trinajstić information content (AvgIpc) is 1.99. The zero-order chi connectivity index (χ0) is 13.0. The summed E-state index contributed by atoms with van der Waals surface area (Å²) in [7, 11) is 0. The monoisotopic (exact) mass is 230 g/mol. The van der Waals surface area contributed by atoms with E-state index in [2.05, 4.69) is 5.32 Å². The van der Waals surface area contributed by atoms with Crippen molar-refractivity contribution in [1.29, 1.82) is 0 Å². The van der Waals surface area contributed by atoms with Crippen LogP contribution in [0.5, 0.6) is 0 Å². The SMILES string of the molecule is CC(C)(C)OC(=O)NCCC(C)(C)C(=O)[O-]. The van der Waals surface area contributed by atoms with Gasteiger partial charge in [-0.15, -0.1) is 0 Å². The lowest BCUT2D eigenvalue weighted by molar-refractivity contribution is -0.317. The quantitative estimate of drug-likeness (QED) is 0.770. The van der Waals surface area contributed by atoms with E-state index in [1.54, 1.807) is 34.6 Å². The molecule has 0 aliphatic rings. The Morgan fingerprint density at radius 3 is 2.06 bits per heavy atom. The molecule has 0 saturated heterocycles. The summed E-state index contributed by atoms with van der Waals surface area (Å²) in [5.74, 6) is -1.13. The Morgan fingerprint density at radius 1 is 1.19 bits per heavy atom. The minimum atomic E-state index is -1.13. The van der Waals surface area contributed by atoms with E-state index in [0.29, 0.717) is 6.42 Å². The van der Waals surface area contributed by atoms with Crippen LogP contribution < -0.4 is 10.4 Å². The fraction of sp³-hybridized carbons (Fsp3) is 0.818. The molecule has 0 rings (SSSR count). The molecular weight excluding hydrogens is 210 g/mol. The zero-order valence-corrected chi connectivity index (χ0v) is 10.5. The normalized spacial score (nSPS) is 12.1. The van der Waals surface area contributed by atoms with Gasteiger partial charge in [-0.2, -0.15) is 0 Å². The summed E-state index contributed by atoms with van der Waals surface area (Å²) in [6.45, 7) is 8.64. The third kappa shape index (κ3) is 6.27. The number of rotatable bonds is 4. The molecule has 0 fully saturated rings. The van der Waals surface area contributed by atoms with Gasteiger partial charge in [0.1, 0.15) is 5.60 Å². The third-order valence-corrected chi connectivity index (χ3v) is 1.97. The maximum absolute atomic E-state index is 11.2. The van der Waals surface area contributed by atoms with Gasteiger partial charge >= 0.3 is 6.09 Å². The minimum absolute atomic E-state index is 0.246. The minimum Gasteiger partial charge on any atom is -0.550 e. The lowest BCUT2D eigenvalue weighted by atomic mass is 9.90. The van der Waals surface area contributed by atoms with Crippen molar-refractivity contribution in [1.82, 2.24) is 5.32 Å². The van der Waals surface area contributed by atoms with Crippen molar-refractivity contribution in [2.24, 2.45) is 5.41 Å². The summed E-state index contributed by atoms with van der Waals surface area (Å²) in [6, 6.07) is 0. The smallest absolute Gasteiger partial charge is 0.407 e. The van der Waals surface area contributed by atoms with Crippen molar-refractivity contribution < 1.29 is 19.4 Å². The largest absolute Gasteiger partial charge is 0.550 e. The summed E-state index contributed by atoms with van der Waals surface area (Å²) in [4.78, 5) is 21.9. The highest BCUT2D eigenvalue weighted by atomic mass is 16.6. The lowest BCUT2D eigenvalue weighted by Gasteiger charge is -2.26. The first kappa shape index (κ1) is 14.7. The van der Waals surface area contributed by atoms with E-state index in [1.807, 2.05) is 0 Å². The maximum Gasteiger partial charge on any atom is 0.407 e. The average molecular weight is 230 g/mol. The van der Waals surface area contributed by atoms with Crippen molar-refractivity contribution >= 4 is 12.1 Å². The van der Waals surface area contributed by atoms with Crippen LogP contribution in [0.25, 0.3) is 0 Å². The Kier molecular flexibility index (Phi) is 4.78. The molecule has 0 aromatic heterocycles. The highest BCUT2D eigenvalue weighted by molar-refractivity contribution is 5.71. The van der Waals surface area contributed by atoms with Crippen LogP contribution >= 0.6 is 0 Å². The number of carbonyl (C=O) groups is 2. The van der Waals surface area contributed by atoms with Crippen molar-refractivity contribution in [2.45, 2.75) is 46.6 Å². The molecule has 0 aromatic rings. The van der Waals surface area contributed by atoms with Gasteiger partial charge in [0.15, 0.2) is 0 Å². The van der Waals surface area contributed by atoms with E-state index in [9.17, 15) is 14.7 Å². The van der Waals surface area contributed by atoms with Crippen molar-refractivity contribution in [3.63, 3.8) is 0 Å². The second-order valence-electron chi connectivity index (χ2n) is 5.35. The number of alkyl carbamates (subject to hydrolysis) is 1. The lowest BCUT2D eigenvalue weighted by Crippen LogP contribution is -2.41. The van der Waals surface area contributed by atoms with Crippen molar-refractivity contribution in [3.05, 3.63) is 0 Å². The number of nitrogens with one attached hydrogen (secondary N) is 1. The Morgan fingerprint density at radius 2 is 1.69 bits per heavy atom. The van der Waals surface area contributed by atoms with Crippen LogP contribution in [0.15, 0.2) is 0 Å². The van der Waals surface area contributed by atoms with E-state index < -0.39 is 23.1 Å². The van der Waals surface area contributed by atoms with Crippen LogP contribution in [-0.2, 0) is 9.53 Å². The van der Waals surface area contributed by atoms with Crippen LogP contribution in [0.2, 0.25) is 0 Å². The summed E-state index contributed by atoms with van der Waals surface area (Å²) in [6.07, 6.45) is -0.240. The van der Waals surface area contributed by atoms with E-state index in [0.717, 1.165) is 0 Å². The first-order valence-electron chi connectivity index (χ1n) is 5.23. The molecule has 0 bridgehead atoms. The van der Waals surface area contributed by atoms with Gasteiger partial charge in [0, 0.05) is 17.9 Å². The molecule has 0 saturated carbocycles. The Hall–Kier alpha value is -1.26. The van der Waals surface area contributed by atoms with E-state index in [-0.39, 0.29) is 6.54 Å². The highest BCUT2D eigenvalue weighted by Crippen LogP contribution is 2.18. The van der Waals surface area contributed by atoms with E-state index in [1.165, 1.54) is 0 Å². The van der Waals surface area contributed by atoms with E-state index in [4.69, 9.17) is 4.74 Å². The molecule has 0 aromatic carbocycles. The van der Waals surface area contributed by atoms with Gasteiger partial charge in [-0.1, -0.05) is 13.8 Å². The molecule has 5 heteroatoms. The van der Waals surface area contributed by atoms with Gasteiger partial charge in [0.05, 0.1) is 0 Å². The molecule has 0 aliphatic carbocycles. The molecule has 0 heterocycles. The van der Waals surface area contributed by atoms with Gasteiger partial charge in [-0.3, -0.25) is 0 Å². The second-order valence-corrected chi connectivity index (χ2v) is 5.35. The van der Waals surface area contributed by atoms with Crippen LogP contribution in [0.4, 0.5) is 4.79 Å². The summed E-state index contributed by atoms with van der Waals surface area (Å²) >= 11 is 0. The Bertz CT molecular complexity index is 266. The van der Waals surface area contributed by atoms with E-state index >= 15 is 0 Å². The summed E-state index contributed by atoms with van der Waals surface area (Å²) in [5.41, 5.74) is -1.50. The summed E-state index contributed by atoms with van der Waals surface area (Å²) < 4.78 is 5.00. The van der Waals surface area contributed by atoms with Gasteiger partial charge in [0.25, 0.3) is 0 Å².